The van der Waals surface area contributed by atoms with Gasteiger partial charge in [0.1, 0.15) is 0 Å². The van der Waals surface area contributed by atoms with Gasteiger partial charge in [-0.15, -0.1) is 0 Å². The Balaban J connectivity index is 1.87. The molecular formula is C23H27N3O5. The van der Waals surface area contributed by atoms with Crippen molar-refractivity contribution in [2.45, 2.75) is 33.1 Å². The highest BCUT2D eigenvalue weighted by atomic mass is 16.5. The third-order valence-corrected chi connectivity index (χ3v) is 4.81. The molecule has 8 nitrogen and oxygen atoms in total. The monoisotopic (exact) mass is 425 g/mol. The van der Waals surface area contributed by atoms with Crippen LogP contribution in [0.2, 0.25) is 0 Å². The van der Waals surface area contributed by atoms with E-state index in [1.54, 1.807) is 12.1 Å². The van der Waals surface area contributed by atoms with E-state index in [1.807, 2.05) is 39.0 Å². The Morgan fingerprint density at radius 2 is 1.77 bits per heavy atom. The van der Waals surface area contributed by atoms with E-state index in [0.717, 1.165) is 11.1 Å². The normalized spacial score (nSPS) is 10.8. The molecule has 164 valence electrons. The highest BCUT2D eigenvalue weighted by Gasteiger charge is 2.19. The Morgan fingerprint density at radius 3 is 2.32 bits per heavy atom. The molecule has 3 aromatic rings. The van der Waals surface area contributed by atoms with Crippen molar-refractivity contribution < 1.29 is 23.5 Å². The van der Waals surface area contributed by atoms with Crippen molar-refractivity contribution in [2.24, 2.45) is 0 Å². The molecule has 8 heteroatoms. The summed E-state index contributed by atoms with van der Waals surface area (Å²) in [6.45, 7) is 5.90. The van der Waals surface area contributed by atoms with Gasteiger partial charge in [-0.25, -0.2) is 0 Å². The molecule has 0 aliphatic heterocycles. The first-order valence-corrected chi connectivity index (χ1v) is 9.90. The molecule has 0 unspecified atom stereocenters. The zero-order valence-corrected chi connectivity index (χ0v) is 18.6. The number of nitrogens with zero attached hydrogens (tertiary/aromatic N) is 2. The van der Waals surface area contributed by atoms with Crippen LogP contribution < -0.4 is 19.5 Å². The van der Waals surface area contributed by atoms with E-state index in [-0.39, 0.29) is 18.2 Å². The first kappa shape index (κ1) is 22.1. The van der Waals surface area contributed by atoms with Gasteiger partial charge in [0.2, 0.25) is 11.7 Å². The highest BCUT2D eigenvalue weighted by molar-refractivity contribution is 5.97. The summed E-state index contributed by atoms with van der Waals surface area (Å²) in [5.41, 5.74) is 2.93. The maximum absolute atomic E-state index is 12.9. The summed E-state index contributed by atoms with van der Waals surface area (Å²) in [5, 5.41) is 7.01. The summed E-state index contributed by atoms with van der Waals surface area (Å²) in [6.07, 6.45) is 0.117. The van der Waals surface area contributed by atoms with Gasteiger partial charge >= 0.3 is 0 Å². The molecular weight excluding hydrogens is 398 g/mol. The lowest BCUT2D eigenvalue weighted by molar-refractivity contribution is -0.115. The fraction of sp³-hybridized carbons (Fsp3) is 0.348. The van der Waals surface area contributed by atoms with Crippen LogP contribution in [-0.4, -0.2) is 37.4 Å². The number of carbonyl (C=O) groups excluding carboxylic acids is 1. The number of rotatable bonds is 8. The zero-order valence-electron chi connectivity index (χ0n) is 18.6. The lowest BCUT2D eigenvalue weighted by Gasteiger charge is -2.15. The fourth-order valence-electron chi connectivity index (χ4n) is 3.20. The minimum atomic E-state index is -0.201. The first-order chi connectivity index (χ1) is 14.9. The van der Waals surface area contributed by atoms with Gasteiger partial charge in [-0.2, -0.15) is 4.98 Å². The molecule has 0 aliphatic carbocycles. The predicted octanol–water partition coefficient (Wildman–Crippen LogP) is 4.38. The molecule has 1 aromatic heterocycles. The topological polar surface area (TPSA) is 95.7 Å². The Bertz CT molecular complexity index is 1050. The number of anilines is 1. The minimum absolute atomic E-state index is 0.117. The average Bonchev–Trinajstić information content (AvgIpc) is 3.24. The standard InChI is InChI=1S/C23H27N3O5/c1-13(2)22-25-23(31-26-22)16-9-7-8-14(3)20(16)24-19(27)12-15-10-17(28-4)21(30-6)18(11-15)29-5/h7-11,13H,12H2,1-6H3,(H,24,27). The molecule has 0 aliphatic rings. The van der Waals surface area contributed by atoms with Gasteiger partial charge in [-0.1, -0.05) is 31.1 Å². The van der Waals surface area contributed by atoms with Crippen LogP contribution >= 0.6 is 0 Å². The summed E-state index contributed by atoms with van der Waals surface area (Å²) < 4.78 is 21.5. The molecule has 2 aromatic carbocycles. The van der Waals surface area contributed by atoms with E-state index in [1.165, 1.54) is 21.3 Å². The second kappa shape index (κ2) is 9.51. The van der Waals surface area contributed by atoms with E-state index in [0.29, 0.717) is 40.2 Å². The SMILES string of the molecule is COc1cc(CC(=O)Nc2c(C)cccc2-c2nc(C(C)C)no2)cc(OC)c1OC. The highest BCUT2D eigenvalue weighted by Crippen LogP contribution is 2.38. The summed E-state index contributed by atoms with van der Waals surface area (Å²) in [7, 11) is 4.61. The maximum Gasteiger partial charge on any atom is 0.260 e. The van der Waals surface area contributed by atoms with E-state index >= 15 is 0 Å². The van der Waals surface area contributed by atoms with Crippen molar-refractivity contribution in [3.63, 3.8) is 0 Å². The lowest BCUT2D eigenvalue weighted by Crippen LogP contribution is -2.16. The van der Waals surface area contributed by atoms with Crippen molar-refractivity contribution >= 4 is 11.6 Å². The van der Waals surface area contributed by atoms with E-state index in [4.69, 9.17) is 18.7 Å². The van der Waals surface area contributed by atoms with E-state index < -0.39 is 0 Å². The molecule has 31 heavy (non-hydrogen) atoms. The van der Waals surface area contributed by atoms with Crippen LogP contribution in [0, 0.1) is 6.92 Å². The van der Waals surface area contributed by atoms with Gasteiger partial charge in [0.15, 0.2) is 17.3 Å². The number of aryl methyl sites for hydroxylation is 1. The van der Waals surface area contributed by atoms with Crippen LogP contribution in [0.15, 0.2) is 34.9 Å². The summed E-state index contributed by atoms with van der Waals surface area (Å²) >= 11 is 0. The molecule has 0 saturated heterocycles. The molecule has 3 rings (SSSR count). The number of methoxy groups -OCH3 is 3. The molecule has 0 bridgehead atoms. The van der Waals surface area contributed by atoms with Crippen LogP contribution in [-0.2, 0) is 11.2 Å². The molecule has 1 heterocycles. The molecule has 0 radical (unpaired) electrons. The van der Waals surface area contributed by atoms with Crippen molar-refractivity contribution in [3.05, 3.63) is 47.3 Å². The maximum atomic E-state index is 12.9. The number of hydrogen-bond donors (Lipinski definition) is 1. The second-order valence-electron chi connectivity index (χ2n) is 7.37. The van der Waals surface area contributed by atoms with Crippen molar-refractivity contribution in [1.82, 2.24) is 10.1 Å². The number of ether oxygens (including phenoxy) is 3. The number of hydrogen-bond acceptors (Lipinski definition) is 7. The number of amides is 1. The quantitative estimate of drug-likeness (QED) is 0.572. The third-order valence-electron chi connectivity index (χ3n) is 4.81. The second-order valence-corrected chi connectivity index (χ2v) is 7.37. The molecule has 0 saturated carbocycles. The van der Waals surface area contributed by atoms with Crippen LogP contribution in [0.25, 0.3) is 11.5 Å². The molecule has 0 fully saturated rings. The summed E-state index contributed by atoms with van der Waals surface area (Å²) in [5.74, 6) is 2.39. The summed E-state index contributed by atoms with van der Waals surface area (Å²) in [4.78, 5) is 17.4. The lowest BCUT2D eigenvalue weighted by atomic mass is 10.1. The Hall–Kier alpha value is -3.55. The zero-order chi connectivity index (χ0) is 22.5. The number of aromatic nitrogens is 2. The van der Waals surface area contributed by atoms with Gasteiger partial charge in [-0.05, 0) is 36.2 Å². The van der Waals surface area contributed by atoms with Crippen LogP contribution in [0.3, 0.4) is 0 Å². The van der Waals surface area contributed by atoms with E-state index in [9.17, 15) is 4.79 Å². The average molecular weight is 425 g/mol. The van der Waals surface area contributed by atoms with Gasteiger partial charge in [0.05, 0.1) is 39.0 Å². The fourth-order valence-corrected chi connectivity index (χ4v) is 3.20. The van der Waals surface area contributed by atoms with Crippen molar-refractivity contribution in [3.8, 4) is 28.7 Å². The van der Waals surface area contributed by atoms with Crippen molar-refractivity contribution in [1.29, 1.82) is 0 Å². The Labute approximate surface area is 181 Å². The number of nitrogens with one attached hydrogen (secondary N) is 1. The number of benzene rings is 2. The molecule has 1 N–H and O–H groups in total. The smallest absolute Gasteiger partial charge is 0.260 e. The van der Waals surface area contributed by atoms with Crippen LogP contribution in [0.5, 0.6) is 17.2 Å². The van der Waals surface area contributed by atoms with Crippen LogP contribution in [0.4, 0.5) is 5.69 Å². The Kier molecular flexibility index (Phi) is 6.79. The van der Waals surface area contributed by atoms with Gasteiger partial charge < -0.3 is 24.1 Å². The minimum Gasteiger partial charge on any atom is -0.493 e. The molecule has 0 spiro atoms. The number of carbonyl (C=O) groups is 1. The summed E-state index contributed by atoms with van der Waals surface area (Å²) in [6, 6.07) is 9.16. The van der Waals surface area contributed by atoms with Gasteiger partial charge in [-0.3, -0.25) is 4.79 Å². The van der Waals surface area contributed by atoms with Crippen LogP contribution in [0.1, 0.15) is 36.7 Å². The molecule has 0 atom stereocenters. The number of para-hydroxylation sites is 1. The van der Waals surface area contributed by atoms with Crippen molar-refractivity contribution in [2.75, 3.05) is 26.6 Å². The first-order valence-electron chi connectivity index (χ1n) is 9.90. The van der Waals surface area contributed by atoms with Gasteiger partial charge in [0.25, 0.3) is 5.89 Å². The van der Waals surface area contributed by atoms with E-state index in [2.05, 4.69) is 15.5 Å². The Morgan fingerprint density at radius 1 is 1.10 bits per heavy atom. The molecule has 1 amide bonds. The van der Waals surface area contributed by atoms with Gasteiger partial charge in [0, 0.05) is 5.92 Å². The largest absolute Gasteiger partial charge is 0.493 e. The third kappa shape index (κ3) is 4.79. The predicted molar refractivity (Wildman–Crippen MR) is 117 cm³/mol.